The zero-order chi connectivity index (χ0) is 12.7. The monoisotopic (exact) mass is 292 g/mol. The largest absolute Gasteiger partial charge is 0.465 e. The topological polar surface area (TPSA) is 25.4 Å². The average Bonchev–Trinajstić information content (AvgIpc) is 3.10. The van der Waals surface area contributed by atoms with Gasteiger partial charge in [0.05, 0.1) is 4.88 Å². The van der Waals surface area contributed by atoms with Crippen LogP contribution in [0.25, 0.3) is 10.4 Å². The van der Waals surface area contributed by atoms with Crippen LogP contribution in [0.2, 0.25) is 0 Å². The Morgan fingerprint density at radius 1 is 1.32 bits per heavy atom. The van der Waals surface area contributed by atoms with Gasteiger partial charge >= 0.3 is 0 Å². The normalized spacial score (nSPS) is 29.6. The molecule has 5 heteroatoms. The first-order chi connectivity index (χ1) is 9.38. The van der Waals surface area contributed by atoms with Crippen LogP contribution in [0.3, 0.4) is 0 Å². The maximum atomic E-state index is 6.14. The molecule has 0 amide bonds. The van der Waals surface area contributed by atoms with Crippen LogP contribution < -0.4 is 4.74 Å². The molecule has 0 radical (unpaired) electrons. The Hall–Kier alpha value is -0.910. The summed E-state index contributed by atoms with van der Waals surface area (Å²) in [7, 11) is 0. The van der Waals surface area contributed by atoms with Gasteiger partial charge < -0.3 is 4.74 Å². The third-order valence-electron chi connectivity index (χ3n) is 4.14. The van der Waals surface area contributed by atoms with Crippen LogP contribution >= 0.6 is 22.7 Å². The summed E-state index contributed by atoms with van der Waals surface area (Å²) in [5.74, 6) is 0.735. The summed E-state index contributed by atoms with van der Waals surface area (Å²) in [6, 6.07) is 2.14. The van der Waals surface area contributed by atoms with Gasteiger partial charge in [-0.15, -0.1) is 0 Å². The van der Waals surface area contributed by atoms with Gasteiger partial charge in [-0.2, -0.15) is 11.3 Å². The van der Waals surface area contributed by atoms with Crippen molar-refractivity contribution in [1.82, 2.24) is 9.88 Å². The lowest BCUT2D eigenvalue weighted by Crippen LogP contribution is -2.52. The van der Waals surface area contributed by atoms with E-state index in [0.717, 1.165) is 17.7 Å². The fraction of sp³-hybridized carbons (Fsp3) is 0.500. The zero-order valence-corrected chi connectivity index (χ0v) is 12.3. The van der Waals surface area contributed by atoms with Crippen LogP contribution in [0, 0.1) is 5.92 Å². The Kier molecular flexibility index (Phi) is 3.06. The molecule has 1 atom stereocenters. The highest BCUT2D eigenvalue weighted by atomic mass is 32.1. The smallest absolute Gasteiger partial charge is 0.274 e. The fourth-order valence-electron chi connectivity index (χ4n) is 3.02. The van der Waals surface area contributed by atoms with Crippen molar-refractivity contribution in [2.45, 2.75) is 18.9 Å². The first-order valence-corrected chi connectivity index (χ1v) is 8.52. The van der Waals surface area contributed by atoms with Crippen molar-refractivity contribution in [3.8, 4) is 15.6 Å². The van der Waals surface area contributed by atoms with E-state index in [2.05, 4.69) is 26.7 Å². The SMILES string of the molecule is c1cc(-c2cnc(OC3CN4CCC3CC4)s2)cs1. The number of ether oxygens (including phenoxy) is 1. The molecular formula is C14H16N2OS2. The molecule has 3 aliphatic heterocycles. The van der Waals surface area contributed by atoms with Gasteiger partial charge in [-0.25, -0.2) is 4.98 Å². The third-order valence-corrected chi connectivity index (χ3v) is 5.76. The lowest BCUT2D eigenvalue weighted by molar-refractivity contribution is -0.00785. The second kappa shape index (κ2) is 4.89. The highest BCUT2D eigenvalue weighted by Gasteiger charge is 2.35. The lowest BCUT2D eigenvalue weighted by atomic mass is 9.86. The van der Waals surface area contributed by atoms with E-state index < -0.39 is 0 Å². The highest BCUT2D eigenvalue weighted by molar-refractivity contribution is 7.17. The molecule has 3 saturated heterocycles. The molecule has 3 aliphatic rings. The molecule has 2 aromatic rings. The molecule has 3 nitrogen and oxygen atoms in total. The molecule has 5 rings (SSSR count). The van der Waals surface area contributed by atoms with E-state index in [1.165, 1.54) is 36.4 Å². The minimum absolute atomic E-state index is 0.351. The Labute approximate surface area is 120 Å². The average molecular weight is 292 g/mol. The van der Waals surface area contributed by atoms with Crippen LogP contribution in [-0.2, 0) is 0 Å². The van der Waals surface area contributed by atoms with E-state index in [0.29, 0.717) is 6.10 Å². The van der Waals surface area contributed by atoms with Gasteiger partial charge in [-0.1, -0.05) is 11.3 Å². The van der Waals surface area contributed by atoms with Gasteiger partial charge in [0.2, 0.25) is 0 Å². The number of aromatic nitrogens is 1. The fourth-order valence-corrected chi connectivity index (χ4v) is 4.57. The van der Waals surface area contributed by atoms with E-state index in [-0.39, 0.29) is 0 Å². The summed E-state index contributed by atoms with van der Waals surface area (Å²) in [5.41, 5.74) is 1.26. The van der Waals surface area contributed by atoms with Crippen molar-refractivity contribution in [3.05, 3.63) is 23.0 Å². The van der Waals surface area contributed by atoms with Crippen LogP contribution in [0.5, 0.6) is 5.19 Å². The lowest BCUT2D eigenvalue weighted by Gasteiger charge is -2.43. The third kappa shape index (κ3) is 2.30. The second-order valence-electron chi connectivity index (χ2n) is 5.30. The molecule has 19 heavy (non-hydrogen) atoms. The maximum absolute atomic E-state index is 6.14. The first kappa shape index (κ1) is 11.9. The summed E-state index contributed by atoms with van der Waals surface area (Å²) in [6.07, 6.45) is 4.86. The van der Waals surface area contributed by atoms with E-state index in [1.54, 1.807) is 22.7 Å². The number of fused-ring (bicyclic) bond motifs is 3. The molecule has 0 spiro atoms. The number of nitrogens with zero attached hydrogens (tertiary/aromatic N) is 2. The van der Waals surface area contributed by atoms with Gasteiger partial charge in [0, 0.05) is 18.3 Å². The van der Waals surface area contributed by atoms with Gasteiger partial charge in [-0.05, 0) is 48.7 Å². The Balaban J connectivity index is 1.48. The number of hydrogen-bond acceptors (Lipinski definition) is 5. The van der Waals surface area contributed by atoms with Crippen LogP contribution in [-0.4, -0.2) is 35.6 Å². The summed E-state index contributed by atoms with van der Waals surface area (Å²) in [6.45, 7) is 3.59. The molecule has 0 N–H and O–H groups in total. The summed E-state index contributed by atoms with van der Waals surface area (Å²) in [5, 5.41) is 5.09. The van der Waals surface area contributed by atoms with Crippen molar-refractivity contribution < 1.29 is 4.74 Å². The molecule has 100 valence electrons. The van der Waals surface area contributed by atoms with Crippen LogP contribution in [0.1, 0.15) is 12.8 Å². The maximum Gasteiger partial charge on any atom is 0.274 e. The van der Waals surface area contributed by atoms with Gasteiger partial charge in [0.15, 0.2) is 0 Å². The van der Waals surface area contributed by atoms with E-state index in [1.807, 2.05) is 6.20 Å². The Morgan fingerprint density at radius 3 is 2.89 bits per heavy atom. The van der Waals surface area contributed by atoms with E-state index in [9.17, 15) is 0 Å². The summed E-state index contributed by atoms with van der Waals surface area (Å²) in [4.78, 5) is 8.15. The van der Waals surface area contributed by atoms with Gasteiger partial charge in [-0.3, -0.25) is 4.90 Å². The summed E-state index contributed by atoms with van der Waals surface area (Å²) >= 11 is 3.39. The van der Waals surface area contributed by atoms with Crippen LogP contribution in [0.4, 0.5) is 0 Å². The predicted octanol–water partition coefficient (Wildman–Crippen LogP) is 3.34. The molecule has 5 heterocycles. The zero-order valence-electron chi connectivity index (χ0n) is 10.6. The number of thiophene rings is 1. The van der Waals surface area contributed by atoms with Gasteiger partial charge in [0.1, 0.15) is 6.10 Å². The number of piperidine rings is 3. The molecule has 1 unspecified atom stereocenters. The molecule has 0 saturated carbocycles. The summed E-state index contributed by atoms with van der Waals surface area (Å²) < 4.78 is 6.14. The molecule has 2 aromatic heterocycles. The molecular weight excluding hydrogens is 276 g/mol. The molecule has 0 aromatic carbocycles. The number of rotatable bonds is 3. The minimum atomic E-state index is 0.351. The van der Waals surface area contributed by atoms with Crippen molar-refractivity contribution in [1.29, 1.82) is 0 Å². The number of hydrogen-bond donors (Lipinski definition) is 0. The van der Waals surface area contributed by atoms with E-state index >= 15 is 0 Å². The van der Waals surface area contributed by atoms with Crippen molar-refractivity contribution >= 4 is 22.7 Å². The molecule has 3 fully saturated rings. The number of thiazole rings is 1. The second-order valence-corrected chi connectivity index (χ2v) is 7.07. The highest BCUT2D eigenvalue weighted by Crippen LogP contribution is 2.35. The van der Waals surface area contributed by atoms with E-state index in [4.69, 9.17) is 4.74 Å². The van der Waals surface area contributed by atoms with Gasteiger partial charge in [0.25, 0.3) is 5.19 Å². The molecule has 2 bridgehead atoms. The first-order valence-electron chi connectivity index (χ1n) is 6.76. The predicted molar refractivity (Wildman–Crippen MR) is 79.0 cm³/mol. The standard InChI is InChI=1S/C14H16N2OS2/c1-4-16-5-2-10(1)12(8-16)17-14-15-7-13(19-14)11-3-6-18-9-11/h3,6-7,9-10,12H,1-2,4-5,8H2. The van der Waals surface area contributed by atoms with Crippen molar-refractivity contribution in [3.63, 3.8) is 0 Å². The molecule has 0 aliphatic carbocycles. The van der Waals surface area contributed by atoms with Crippen molar-refractivity contribution in [2.75, 3.05) is 19.6 Å². The Bertz CT molecular complexity index is 544. The van der Waals surface area contributed by atoms with Crippen molar-refractivity contribution in [2.24, 2.45) is 5.92 Å². The minimum Gasteiger partial charge on any atom is -0.465 e. The Morgan fingerprint density at radius 2 is 2.21 bits per heavy atom. The van der Waals surface area contributed by atoms with Crippen LogP contribution in [0.15, 0.2) is 23.0 Å². The quantitative estimate of drug-likeness (QED) is 0.867.